The number of hydrogen-bond acceptors (Lipinski definition) is 1. The van der Waals surface area contributed by atoms with Gasteiger partial charge in [0.05, 0.1) is 5.56 Å². The Bertz CT molecular complexity index is 431. The summed E-state index contributed by atoms with van der Waals surface area (Å²) in [6.45, 7) is 2.04. The van der Waals surface area contributed by atoms with Crippen molar-refractivity contribution < 1.29 is 9.18 Å². The van der Waals surface area contributed by atoms with Crippen LogP contribution in [0.2, 0.25) is 0 Å². The summed E-state index contributed by atoms with van der Waals surface area (Å²) in [6, 6.07) is 4.45. The number of benzene rings is 1. The van der Waals surface area contributed by atoms with Crippen molar-refractivity contribution in [2.24, 2.45) is 5.92 Å². The van der Waals surface area contributed by atoms with Gasteiger partial charge in [-0.1, -0.05) is 6.42 Å². The number of hydrogen-bond donors (Lipinski definition) is 1. The molecule has 0 heterocycles. The Hall–Kier alpha value is -0.650. The fourth-order valence-electron chi connectivity index (χ4n) is 2.02. The van der Waals surface area contributed by atoms with Crippen LogP contribution in [-0.4, -0.2) is 11.9 Å². The van der Waals surface area contributed by atoms with Crippen molar-refractivity contribution in [2.45, 2.75) is 32.2 Å². The van der Waals surface area contributed by atoms with Crippen LogP contribution < -0.4 is 5.32 Å². The first-order chi connectivity index (χ1) is 8.08. The lowest BCUT2D eigenvalue weighted by Gasteiger charge is -2.31. The number of nitrogens with one attached hydrogen (secondary N) is 1. The minimum absolute atomic E-state index is 0.103. The van der Waals surface area contributed by atoms with Crippen LogP contribution in [0.1, 0.15) is 36.5 Å². The van der Waals surface area contributed by atoms with E-state index in [9.17, 15) is 9.18 Å². The van der Waals surface area contributed by atoms with Gasteiger partial charge in [0, 0.05) is 9.61 Å². The molecule has 0 spiro atoms. The molecule has 1 aromatic carbocycles. The fourth-order valence-corrected chi connectivity index (χ4v) is 2.74. The molecule has 1 aliphatic carbocycles. The molecule has 2 nitrogen and oxygen atoms in total. The third kappa shape index (κ3) is 2.97. The number of rotatable bonds is 3. The summed E-state index contributed by atoms with van der Waals surface area (Å²) in [4.78, 5) is 12.0. The molecule has 0 aliphatic heterocycles. The van der Waals surface area contributed by atoms with Crippen LogP contribution in [0, 0.1) is 15.3 Å². The molecule has 0 bridgehead atoms. The molecular formula is C13H15FINO. The molecular weight excluding hydrogens is 332 g/mol. The number of halogens is 2. The fraction of sp³-hybridized carbons (Fsp3) is 0.462. The number of carbonyl (C=O) groups is 1. The van der Waals surface area contributed by atoms with Gasteiger partial charge in [-0.25, -0.2) is 4.39 Å². The van der Waals surface area contributed by atoms with Gasteiger partial charge in [0.2, 0.25) is 0 Å². The standard InChI is InChI=1S/C13H15FINO/c1-8(9-3-2-4-9)16-13(17)11-6-5-10(14)7-12(11)15/h5-9H,2-4H2,1H3,(H,16,17). The number of carbonyl (C=O) groups excluding carboxylic acids is 1. The maximum atomic E-state index is 12.9. The average Bonchev–Trinajstić information content (AvgIpc) is 2.13. The topological polar surface area (TPSA) is 29.1 Å². The molecule has 92 valence electrons. The Morgan fingerprint density at radius 2 is 2.24 bits per heavy atom. The summed E-state index contributed by atoms with van der Waals surface area (Å²) in [6.07, 6.45) is 3.66. The average molecular weight is 347 g/mol. The van der Waals surface area contributed by atoms with Crippen molar-refractivity contribution in [2.75, 3.05) is 0 Å². The lowest BCUT2D eigenvalue weighted by atomic mass is 9.80. The Kier molecular flexibility index (Phi) is 4.01. The molecule has 1 fully saturated rings. The van der Waals surface area contributed by atoms with E-state index in [1.807, 2.05) is 29.5 Å². The molecule has 1 amide bonds. The van der Waals surface area contributed by atoms with E-state index < -0.39 is 0 Å². The monoisotopic (exact) mass is 347 g/mol. The molecule has 17 heavy (non-hydrogen) atoms. The van der Waals surface area contributed by atoms with Crippen molar-refractivity contribution in [1.29, 1.82) is 0 Å². The first-order valence-corrected chi connectivity index (χ1v) is 6.91. The van der Waals surface area contributed by atoms with Crippen molar-refractivity contribution in [3.63, 3.8) is 0 Å². The smallest absolute Gasteiger partial charge is 0.252 e. The summed E-state index contributed by atoms with van der Waals surface area (Å²) >= 11 is 1.99. The van der Waals surface area contributed by atoms with Crippen LogP contribution in [0.3, 0.4) is 0 Å². The van der Waals surface area contributed by atoms with Crippen LogP contribution in [0.15, 0.2) is 18.2 Å². The van der Waals surface area contributed by atoms with Gasteiger partial charge in [-0.05, 0) is 66.5 Å². The van der Waals surface area contributed by atoms with E-state index in [-0.39, 0.29) is 17.8 Å². The zero-order chi connectivity index (χ0) is 12.4. The second kappa shape index (κ2) is 5.33. The molecule has 1 atom stereocenters. The Morgan fingerprint density at radius 1 is 1.53 bits per heavy atom. The number of amides is 1. The van der Waals surface area contributed by atoms with Crippen LogP contribution in [-0.2, 0) is 0 Å². The zero-order valence-electron chi connectivity index (χ0n) is 9.67. The third-order valence-corrected chi connectivity index (χ3v) is 4.28. The molecule has 1 N–H and O–H groups in total. The van der Waals surface area contributed by atoms with E-state index in [2.05, 4.69) is 5.32 Å². The molecule has 1 unspecified atom stereocenters. The van der Waals surface area contributed by atoms with E-state index in [0.29, 0.717) is 15.1 Å². The van der Waals surface area contributed by atoms with E-state index in [1.54, 1.807) is 6.07 Å². The first-order valence-electron chi connectivity index (χ1n) is 5.84. The largest absolute Gasteiger partial charge is 0.349 e. The highest BCUT2D eigenvalue weighted by atomic mass is 127. The molecule has 2 rings (SSSR count). The van der Waals surface area contributed by atoms with Gasteiger partial charge in [0.15, 0.2) is 0 Å². The van der Waals surface area contributed by atoms with E-state index in [0.717, 1.165) is 0 Å². The van der Waals surface area contributed by atoms with Gasteiger partial charge in [-0.3, -0.25) is 4.79 Å². The molecule has 1 aliphatic rings. The van der Waals surface area contributed by atoms with Crippen LogP contribution in [0.4, 0.5) is 4.39 Å². The third-order valence-electron chi connectivity index (χ3n) is 3.39. The lowest BCUT2D eigenvalue weighted by molar-refractivity contribution is 0.0908. The quantitative estimate of drug-likeness (QED) is 0.835. The van der Waals surface area contributed by atoms with Crippen molar-refractivity contribution in [3.8, 4) is 0 Å². The van der Waals surface area contributed by atoms with Crippen LogP contribution >= 0.6 is 22.6 Å². The van der Waals surface area contributed by atoms with E-state index in [1.165, 1.54) is 31.4 Å². The normalized spacial score (nSPS) is 17.4. The maximum absolute atomic E-state index is 12.9. The summed E-state index contributed by atoms with van der Waals surface area (Å²) in [5.41, 5.74) is 0.554. The Morgan fingerprint density at radius 3 is 2.76 bits per heavy atom. The first kappa shape index (κ1) is 12.8. The zero-order valence-corrected chi connectivity index (χ0v) is 11.8. The molecule has 0 aromatic heterocycles. The Balaban J connectivity index is 2.03. The van der Waals surface area contributed by atoms with Crippen molar-refractivity contribution >= 4 is 28.5 Å². The lowest BCUT2D eigenvalue weighted by Crippen LogP contribution is -2.40. The van der Waals surface area contributed by atoms with Gasteiger partial charge in [0.1, 0.15) is 5.82 Å². The highest BCUT2D eigenvalue weighted by molar-refractivity contribution is 14.1. The van der Waals surface area contributed by atoms with Crippen LogP contribution in [0.5, 0.6) is 0 Å². The van der Waals surface area contributed by atoms with Crippen LogP contribution in [0.25, 0.3) is 0 Å². The second-order valence-electron chi connectivity index (χ2n) is 4.58. The van der Waals surface area contributed by atoms with E-state index in [4.69, 9.17) is 0 Å². The highest BCUT2D eigenvalue weighted by Crippen LogP contribution is 2.29. The van der Waals surface area contributed by atoms with E-state index >= 15 is 0 Å². The SMILES string of the molecule is CC(NC(=O)c1ccc(F)cc1I)C1CCC1. The minimum atomic E-state index is -0.307. The Labute approximate surface area is 114 Å². The molecule has 1 aromatic rings. The molecule has 0 radical (unpaired) electrons. The van der Waals surface area contributed by atoms with Gasteiger partial charge in [0.25, 0.3) is 5.91 Å². The van der Waals surface area contributed by atoms with Gasteiger partial charge in [-0.2, -0.15) is 0 Å². The summed E-state index contributed by atoms with van der Waals surface area (Å²) < 4.78 is 13.6. The van der Waals surface area contributed by atoms with Crippen molar-refractivity contribution in [1.82, 2.24) is 5.32 Å². The van der Waals surface area contributed by atoms with Gasteiger partial charge < -0.3 is 5.32 Å². The highest BCUT2D eigenvalue weighted by Gasteiger charge is 2.25. The molecule has 0 saturated heterocycles. The second-order valence-corrected chi connectivity index (χ2v) is 5.74. The van der Waals surface area contributed by atoms with Crippen molar-refractivity contribution in [3.05, 3.63) is 33.1 Å². The van der Waals surface area contributed by atoms with Gasteiger partial charge >= 0.3 is 0 Å². The minimum Gasteiger partial charge on any atom is -0.349 e. The molecule has 4 heteroatoms. The maximum Gasteiger partial charge on any atom is 0.252 e. The summed E-state index contributed by atoms with van der Waals surface area (Å²) in [7, 11) is 0. The van der Waals surface area contributed by atoms with Gasteiger partial charge in [-0.15, -0.1) is 0 Å². The molecule has 1 saturated carbocycles. The summed E-state index contributed by atoms with van der Waals surface area (Å²) in [5.74, 6) is 0.198. The predicted octanol–water partition coefficient (Wildman–Crippen LogP) is 3.35. The summed E-state index contributed by atoms with van der Waals surface area (Å²) in [5, 5.41) is 2.99. The predicted molar refractivity (Wildman–Crippen MR) is 73.4 cm³/mol.